The Hall–Kier alpha value is -3.24. The molecule has 5 aliphatic heterocycles. The summed E-state index contributed by atoms with van der Waals surface area (Å²) in [5, 5.41) is 38.6. The van der Waals surface area contributed by atoms with E-state index in [2.05, 4.69) is 24.5 Å². The van der Waals surface area contributed by atoms with Gasteiger partial charge in [-0.3, -0.25) is 19.2 Å². The summed E-state index contributed by atoms with van der Waals surface area (Å²) in [4.78, 5) is 53.6. The van der Waals surface area contributed by atoms with E-state index in [1.807, 2.05) is 78.8 Å². The molecule has 2 spiro atoms. The van der Waals surface area contributed by atoms with Crippen LogP contribution in [0.25, 0.3) is 0 Å². The molecule has 0 bridgehead atoms. The number of benzene rings is 1. The standard InChI is InChI=1S/C51H78N2O12/c1-11-36(47(58)59)38-20-19-29(4)43(62-38)33(8)41(54)32(7)42(55)37(12-2)44-30(5)27-31(6)50(63-44)24-21-39(53-46(57)45(56)52-28-35-17-15-14-16-18-35)51(65-50)26-25-48(10,64-51)40-22-23-49(60,13-3)34(9)61-40/h14-18,21,24,29-34,36-41,43-44,54,60H,11-13,19-20,22-23,25-28H2,1-10H3,(H,52,56)(H,53,57)(H,58,59)/t29-,30-,31+,32-,33-,34-,36+,37?,38+,39+,40+,41+,43+,44-,48-,49+,50-,51-/m0/s1. The Morgan fingerprint density at radius 1 is 0.846 bits per heavy atom. The lowest BCUT2D eigenvalue weighted by atomic mass is 9.72. The van der Waals surface area contributed by atoms with Crippen molar-refractivity contribution in [2.75, 3.05) is 0 Å². The van der Waals surface area contributed by atoms with Gasteiger partial charge in [-0.2, -0.15) is 0 Å². The van der Waals surface area contributed by atoms with Crippen molar-refractivity contribution in [3.8, 4) is 0 Å². The number of carboxylic acid groups (broad SMARTS) is 1. The predicted molar refractivity (Wildman–Crippen MR) is 243 cm³/mol. The maximum Gasteiger partial charge on any atom is 0.309 e. The van der Waals surface area contributed by atoms with E-state index in [1.54, 1.807) is 19.1 Å². The molecule has 6 rings (SSSR count). The Morgan fingerprint density at radius 2 is 1.54 bits per heavy atom. The molecule has 364 valence electrons. The number of hydrogen-bond donors (Lipinski definition) is 5. The van der Waals surface area contributed by atoms with E-state index in [4.69, 9.17) is 23.7 Å². The van der Waals surface area contributed by atoms with E-state index in [9.17, 15) is 34.5 Å². The quantitative estimate of drug-likeness (QED) is 0.0932. The molecule has 18 atom stereocenters. The topological polar surface area (TPSA) is 199 Å². The molecule has 1 aromatic rings. The lowest BCUT2D eigenvalue weighted by Gasteiger charge is -2.55. The first kappa shape index (κ1) is 51.2. The summed E-state index contributed by atoms with van der Waals surface area (Å²) in [6, 6.07) is 8.42. The number of aliphatic carboxylic acids is 1. The fraction of sp³-hybridized carbons (Fsp3) is 0.765. The van der Waals surface area contributed by atoms with Gasteiger partial charge in [0.15, 0.2) is 11.6 Å². The Morgan fingerprint density at radius 3 is 2.17 bits per heavy atom. The first-order chi connectivity index (χ1) is 30.7. The first-order valence-electron chi connectivity index (χ1n) is 24.5. The minimum Gasteiger partial charge on any atom is -0.481 e. The molecule has 5 N–H and O–H groups in total. The highest BCUT2D eigenvalue weighted by atomic mass is 16.8. The summed E-state index contributed by atoms with van der Waals surface area (Å²) in [7, 11) is 0. The van der Waals surface area contributed by atoms with E-state index in [1.165, 1.54) is 0 Å². The molecule has 0 radical (unpaired) electrons. The Labute approximate surface area is 386 Å². The van der Waals surface area contributed by atoms with Gasteiger partial charge >= 0.3 is 17.8 Å². The van der Waals surface area contributed by atoms with Gasteiger partial charge in [0.2, 0.25) is 0 Å². The minimum absolute atomic E-state index is 0.0707. The zero-order valence-electron chi connectivity index (χ0n) is 40.4. The number of nitrogens with one attached hydrogen (secondary N) is 2. The van der Waals surface area contributed by atoms with E-state index < -0.39 is 107 Å². The number of rotatable bonds is 15. The third-order valence-electron chi connectivity index (χ3n) is 16.3. The maximum atomic E-state index is 14.7. The lowest BCUT2D eigenvalue weighted by molar-refractivity contribution is -0.398. The van der Waals surface area contributed by atoms with Gasteiger partial charge in [-0.25, -0.2) is 0 Å². The van der Waals surface area contributed by atoms with Crippen molar-refractivity contribution >= 4 is 23.6 Å². The van der Waals surface area contributed by atoms with Crippen LogP contribution in [0, 0.1) is 41.4 Å². The van der Waals surface area contributed by atoms with Gasteiger partial charge < -0.3 is 49.6 Å². The highest BCUT2D eigenvalue weighted by molar-refractivity contribution is 6.35. The average molecular weight is 911 g/mol. The second-order valence-corrected chi connectivity index (χ2v) is 20.6. The highest BCUT2D eigenvalue weighted by Gasteiger charge is 2.63. The number of Topliss-reactive ketones (excluding diaryl/α,β-unsaturated/α-hetero) is 1. The van der Waals surface area contributed by atoms with Crippen molar-refractivity contribution in [2.24, 2.45) is 41.4 Å². The van der Waals surface area contributed by atoms with Gasteiger partial charge in [0.05, 0.1) is 53.7 Å². The third-order valence-corrected chi connectivity index (χ3v) is 16.3. The van der Waals surface area contributed by atoms with E-state index in [-0.39, 0.29) is 30.1 Å². The maximum absolute atomic E-state index is 14.7. The molecule has 2 amide bonds. The number of ketones is 1. The number of carboxylic acids is 1. The van der Waals surface area contributed by atoms with Crippen LogP contribution < -0.4 is 10.6 Å². The molecule has 4 fully saturated rings. The Bertz CT molecular complexity index is 1860. The SMILES string of the molecule is CCC(C(=O)[C@@H](C)[C@@H](O)[C@H](C)[C@@H]1O[C@@H]([C@@H](CC)C(=O)O)CC[C@@H]1C)[C@H]1O[C@]2(C=C[C@@H](NC(=O)C(=O)NCc3ccccc3)[C@]3(CC[C@@](C)([C@H]4CC[C@](O)(CC)[C@H](C)O4)O3)O2)[C@H](C)C[C@@H]1C. The molecule has 1 aromatic carbocycles. The molecule has 0 saturated carbocycles. The van der Waals surface area contributed by atoms with Crippen LogP contribution >= 0.6 is 0 Å². The molecule has 5 heterocycles. The van der Waals surface area contributed by atoms with Gasteiger partial charge in [0.1, 0.15) is 11.8 Å². The molecular weight excluding hydrogens is 833 g/mol. The molecule has 4 saturated heterocycles. The molecule has 14 heteroatoms. The average Bonchev–Trinajstić information content (AvgIpc) is 3.63. The summed E-state index contributed by atoms with van der Waals surface area (Å²) in [6.45, 7) is 19.6. The second-order valence-electron chi connectivity index (χ2n) is 20.6. The number of carbonyl (C=O) groups excluding carboxylic acids is 3. The van der Waals surface area contributed by atoms with Gasteiger partial charge in [-0.1, -0.05) is 91.8 Å². The predicted octanol–water partition coefficient (Wildman–Crippen LogP) is 6.63. The summed E-state index contributed by atoms with van der Waals surface area (Å²) < 4.78 is 34.4. The zero-order valence-corrected chi connectivity index (χ0v) is 40.4. The minimum atomic E-state index is -1.50. The number of carbonyl (C=O) groups is 4. The van der Waals surface area contributed by atoms with Crippen molar-refractivity contribution in [1.29, 1.82) is 0 Å². The van der Waals surface area contributed by atoms with Gasteiger partial charge in [0.25, 0.3) is 0 Å². The molecule has 14 nitrogen and oxygen atoms in total. The van der Waals surface area contributed by atoms with Crippen molar-refractivity contribution in [2.45, 2.75) is 205 Å². The van der Waals surface area contributed by atoms with Crippen LogP contribution in [0.5, 0.6) is 0 Å². The lowest BCUT2D eigenvalue weighted by Crippen LogP contribution is -2.66. The van der Waals surface area contributed by atoms with Crippen LogP contribution in [-0.4, -0.2) is 104 Å². The molecule has 0 aromatic heterocycles. The Kier molecular flexibility index (Phi) is 16.2. The van der Waals surface area contributed by atoms with E-state index >= 15 is 0 Å². The fourth-order valence-corrected chi connectivity index (χ4v) is 11.7. The van der Waals surface area contributed by atoms with Crippen LogP contribution in [0.4, 0.5) is 0 Å². The van der Waals surface area contributed by atoms with Crippen LogP contribution in [0.15, 0.2) is 42.5 Å². The van der Waals surface area contributed by atoms with Crippen molar-refractivity contribution in [1.82, 2.24) is 10.6 Å². The summed E-state index contributed by atoms with van der Waals surface area (Å²) in [5.74, 6) is -8.24. The highest BCUT2D eigenvalue weighted by Crippen LogP contribution is 2.54. The molecule has 5 aliphatic rings. The summed E-state index contributed by atoms with van der Waals surface area (Å²) in [6.07, 6.45) is 5.57. The number of aliphatic hydroxyl groups excluding tert-OH is 1. The van der Waals surface area contributed by atoms with Gasteiger partial charge in [-0.15, -0.1) is 0 Å². The number of amides is 2. The number of ether oxygens (including phenoxy) is 5. The van der Waals surface area contributed by atoms with Crippen molar-refractivity contribution in [3.05, 3.63) is 48.0 Å². The molecular formula is C51H78N2O12. The molecule has 65 heavy (non-hydrogen) atoms. The number of aliphatic hydroxyl groups is 2. The van der Waals surface area contributed by atoms with Crippen molar-refractivity contribution in [3.63, 3.8) is 0 Å². The smallest absolute Gasteiger partial charge is 0.309 e. The Balaban J connectivity index is 1.24. The normalized spacial score (nSPS) is 39.5. The molecule has 0 aliphatic carbocycles. The summed E-state index contributed by atoms with van der Waals surface area (Å²) >= 11 is 0. The van der Waals surface area contributed by atoms with Crippen LogP contribution in [-0.2, 0) is 49.4 Å². The first-order valence-corrected chi connectivity index (χ1v) is 24.5. The van der Waals surface area contributed by atoms with Crippen LogP contribution in [0.1, 0.15) is 139 Å². The van der Waals surface area contributed by atoms with Gasteiger partial charge in [0, 0.05) is 36.6 Å². The summed E-state index contributed by atoms with van der Waals surface area (Å²) in [5.41, 5.74) is -1.01. The monoisotopic (exact) mass is 911 g/mol. The number of hydrogen-bond acceptors (Lipinski definition) is 11. The van der Waals surface area contributed by atoms with Gasteiger partial charge in [-0.05, 0) is 95.1 Å². The van der Waals surface area contributed by atoms with Crippen LogP contribution in [0.2, 0.25) is 0 Å². The van der Waals surface area contributed by atoms with E-state index in [0.717, 1.165) is 12.0 Å². The fourth-order valence-electron chi connectivity index (χ4n) is 11.7. The third kappa shape index (κ3) is 10.4. The second kappa shape index (κ2) is 20.5. The molecule has 1 unspecified atom stereocenters. The zero-order chi connectivity index (χ0) is 47.6. The van der Waals surface area contributed by atoms with E-state index in [0.29, 0.717) is 57.8 Å². The largest absolute Gasteiger partial charge is 0.481 e. The van der Waals surface area contributed by atoms with Crippen molar-refractivity contribution < 1.29 is 58.2 Å². The van der Waals surface area contributed by atoms with Crippen LogP contribution in [0.3, 0.4) is 0 Å².